The molecule has 0 aliphatic rings. The van der Waals surface area contributed by atoms with Crippen LogP contribution in [0, 0.1) is 0 Å². The SMILES string of the molecule is C[n+]1ccccc1C(C)(C)C.[I-]. The van der Waals surface area contributed by atoms with Crippen molar-refractivity contribution in [2.45, 2.75) is 26.2 Å². The van der Waals surface area contributed by atoms with Gasteiger partial charge in [-0.2, -0.15) is 0 Å². The van der Waals surface area contributed by atoms with Crippen LogP contribution in [0.5, 0.6) is 0 Å². The molecule has 1 aromatic rings. The maximum absolute atomic E-state index is 2.22. The zero-order valence-corrected chi connectivity index (χ0v) is 10.3. The molecule has 0 N–H and O–H groups in total. The molecule has 0 fully saturated rings. The number of halogens is 1. The average Bonchev–Trinajstić information content (AvgIpc) is 1.86. The maximum atomic E-state index is 2.22. The van der Waals surface area contributed by atoms with Crippen molar-refractivity contribution in [3.05, 3.63) is 30.1 Å². The van der Waals surface area contributed by atoms with Gasteiger partial charge in [-0.25, -0.2) is 4.57 Å². The molecule has 2 heteroatoms. The number of hydrogen-bond acceptors (Lipinski definition) is 0. The Hall–Kier alpha value is -0.120. The van der Waals surface area contributed by atoms with Gasteiger partial charge in [0.1, 0.15) is 7.05 Å². The van der Waals surface area contributed by atoms with Gasteiger partial charge in [0.25, 0.3) is 0 Å². The Morgan fingerprint density at radius 3 is 2.08 bits per heavy atom. The van der Waals surface area contributed by atoms with Gasteiger partial charge in [0, 0.05) is 17.5 Å². The van der Waals surface area contributed by atoms with Crippen molar-refractivity contribution < 1.29 is 28.5 Å². The van der Waals surface area contributed by atoms with Crippen LogP contribution in [0.25, 0.3) is 0 Å². The van der Waals surface area contributed by atoms with Crippen LogP contribution in [0.4, 0.5) is 0 Å². The van der Waals surface area contributed by atoms with Gasteiger partial charge < -0.3 is 24.0 Å². The molecule has 0 radical (unpaired) electrons. The number of hydrogen-bond donors (Lipinski definition) is 0. The van der Waals surface area contributed by atoms with Gasteiger partial charge in [0.05, 0.1) is 0 Å². The predicted molar refractivity (Wildman–Crippen MR) is 46.3 cm³/mol. The van der Waals surface area contributed by atoms with Crippen molar-refractivity contribution in [3.63, 3.8) is 0 Å². The quantitative estimate of drug-likeness (QED) is 0.415. The fraction of sp³-hybridized carbons (Fsp3) is 0.500. The molecular formula is C10H16IN. The number of aryl methyl sites for hydroxylation is 1. The lowest BCUT2D eigenvalue weighted by Gasteiger charge is -2.14. The molecular weight excluding hydrogens is 261 g/mol. The molecule has 0 unspecified atom stereocenters. The molecule has 1 aromatic heterocycles. The molecule has 0 bridgehead atoms. The number of aromatic nitrogens is 1. The number of pyridine rings is 1. The molecule has 0 saturated carbocycles. The first-order chi connectivity index (χ1) is 5.02. The van der Waals surface area contributed by atoms with Gasteiger partial charge in [-0.05, 0) is 0 Å². The smallest absolute Gasteiger partial charge is 0.186 e. The van der Waals surface area contributed by atoms with Crippen molar-refractivity contribution in [3.8, 4) is 0 Å². The molecule has 0 saturated heterocycles. The maximum Gasteiger partial charge on any atom is 0.186 e. The summed E-state index contributed by atoms with van der Waals surface area (Å²) in [4.78, 5) is 0. The first-order valence-corrected chi connectivity index (χ1v) is 3.97. The summed E-state index contributed by atoms with van der Waals surface area (Å²) < 4.78 is 2.17. The molecule has 12 heavy (non-hydrogen) atoms. The van der Waals surface area contributed by atoms with Gasteiger partial charge >= 0.3 is 0 Å². The van der Waals surface area contributed by atoms with Crippen molar-refractivity contribution in [2.24, 2.45) is 7.05 Å². The standard InChI is InChI=1S/C10H16N.HI/c1-10(2,3)9-7-5-6-8-11(9)4;/h5-8H,1-4H3;1H/q+1;/p-1. The summed E-state index contributed by atoms with van der Waals surface area (Å²) in [5.74, 6) is 0. The molecule has 1 heterocycles. The largest absolute Gasteiger partial charge is 1.00 e. The van der Waals surface area contributed by atoms with E-state index in [1.54, 1.807) is 0 Å². The van der Waals surface area contributed by atoms with Crippen molar-refractivity contribution in [1.29, 1.82) is 0 Å². The van der Waals surface area contributed by atoms with E-state index in [9.17, 15) is 0 Å². The van der Waals surface area contributed by atoms with Crippen LogP contribution in [0.2, 0.25) is 0 Å². The van der Waals surface area contributed by atoms with Crippen molar-refractivity contribution in [2.75, 3.05) is 0 Å². The second-order valence-corrected chi connectivity index (χ2v) is 3.95. The fourth-order valence-corrected chi connectivity index (χ4v) is 1.30. The topological polar surface area (TPSA) is 3.88 Å². The summed E-state index contributed by atoms with van der Waals surface area (Å²) in [7, 11) is 2.08. The summed E-state index contributed by atoms with van der Waals surface area (Å²) in [6, 6.07) is 6.30. The number of rotatable bonds is 0. The van der Waals surface area contributed by atoms with Gasteiger partial charge in [0.2, 0.25) is 0 Å². The molecule has 0 spiro atoms. The van der Waals surface area contributed by atoms with E-state index in [0.29, 0.717) is 0 Å². The molecule has 0 amide bonds. The molecule has 1 nitrogen and oxygen atoms in total. The van der Waals surface area contributed by atoms with E-state index < -0.39 is 0 Å². The first kappa shape index (κ1) is 11.9. The Labute approximate surface area is 91.8 Å². The molecule has 1 rings (SSSR count). The summed E-state index contributed by atoms with van der Waals surface area (Å²) in [5.41, 5.74) is 1.61. The van der Waals surface area contributed by atoms with E-state index in [-0.39, 0.29) is 29.4 Å². The van der Waals surface area contributed by atoms with Crippen molar-refractivity contribution in [1.82, 2.24) is 0 Å². The lowest BCUT2D eigenvalue weighted by Crippen LogP contribution is -3.00. The minimum atomic E-state index is 0. The molecule has 0 aliphatic carbocycles. The van der Waals surface area contributed by atoms with E-state index in [1.807, 2.05) is 0 Å². The number of nitrogens with zero attached hydrogens (tertiary/aromatic N) is 1. The normalized spacial score (nSPS) is 10.7. The summed E-state index contributed by atoms with van der Waals surface area (Å²) in [5, 5.41) is 0. The Balaban J connectivity index is 0.00000121. The van der Waals surface area contributed by atoms with E-state index in [4.69, 9.17) is 0 Å². The Kier molecular flexibility index (Phi) is 4.17. The zero-order valence-electron chi connectivity index (χ0n) is 8.13. The van der Waals surface area contributed by atoms with E-state index in [0.717, 1.165) is 0 Å². The molecule has 0 aromatic carbocycles. The first-order valence-electron chi connectivity index (χ1n) is 3.97. The third-order valence-corrected chi connectivity index (χ3v) is 1.82. The lowest BCUT2D eigenvalue weighted by atomic mass is 9.91. The monoisotopic (exact) mass is 277 g/mol. The van der Waals surface area contributed by atoms with Crippen LogP contribution in [0.1, 0.15) is 26.5 Å². The van der Waals surface area contributed by atoms with Crippen LogP contribution in [-0.4, -0.2) is 0 Å². The van der Waals surface area contributed by atoms with Crippen LogP contribution in [-0.2, 0) is 12.5 Å². The van der Waals surface area contributed by atoms with E-state index in [1.165, 1.54) is 5.69 Å². The minimum Gasteiger partial charge on any atom is -1.00 e. The van der Waals surface area contributed by atoms with Gasteiger partial charge in [0.15, 0.2) is 11.9 Å². The fourth-order valence-electron chi connectivity index (χ4n) is 1.30. The molecule has 0 aliphatic heterocycles. The van der Waals surface area contributed by atoms with Gasteiger partial charge in [-0.1, -0.05) is 26.8 Å². The van der Waals surface area contributed by atoms with Crippen LogP contribution < -0.4 is 28.5 Å². The average molecular weight is 277 g/mol. The second-order valence-electron chi connectivity index (χ2n) is 3.95. The van der Waals surface area contributed by atoms with E-state index >= 15 is 0 Å². The highest BCUT2D eigenvalue weighted by Crippen LogP contribution is 2.17. The summed E-state index contributed by atoms with van der Waals surface area (Å²) in [6.45, 7) is 6.67. The highest BCUT2D eigenvalue weighted by molar-refractivity contribution is 5.06. The molecule has 0 atom stereocenters. The Morgan fingerprint density at radius 2 is 1.75 bits per heavy atom. The van der Waals surface area contributed by atoms with Gasteiger partial charge in [-0.15, -0.1) is 0 Å². The summed E-state index contributed by atoms with van der Waals surface area (Å²) >= 11 is 0. The minimum absolute atomic E-state index is 0. The zero-order chi connectivity index (χ0) is 8.48. The molecule has 68 valence electrons. The third kappa shape index (κ3) is 2.73. The van der Waals surface area contributed by atoms with Crippen LogP contribution in [0.3, 0.4) is 0 Å². The third-order valence-electron chi connectivity index (χ3n) is 1.82. The van der Waals surface area contributed by atoms with Crippen molar-refractivity contribution >= 4 is 0 Å². The second kappa shape index (κ2) is 4.21. The lowest BCUT2D eigenvalue weighted by molar-refractivity contribution is -0.682. The predicted octanol–water partition coefficient (Wildman–Crippen LogP) is -1.19. The summed E-state index contributed by atoms with van der Waals surface area (Å²) in [6.07, 6.45) is 2.08. The Morgan fingerprint density at radius 1 is 1.17 bits per heavy atom. The Bertz CT molecular complexity index is 250. The van der Waals surface area contributed by atoms with Crippen LogP contribution in [0.15, 0.2) is 24.4 Å². The van der Waals surface area contributed by atoms with E-state index in [2.05, 4.69) is 56.8 Å². The highest BCUT2D eigenvalue weighted by Gasteiger charge is 2.21. The van der Waals surface area contributed by atoms with Crippen LogP contribution >= 0.6 is 0 Å². The van der Waals surface area contributed by atoms with Gasteiger partial charge in [-0.3, -0.25) is 0 Å². The highest BCUT2D eigenvalue weighted by atomic mass is 127.